The molecule has 0 spiro atoms. The highest BCUT2D eigenvalue weighted by Gasteiger charge is 2.25. The van der Waals surface area contributed by atoms with Gasteiger partial charge in [-0.05, 0) is 44.0 Å². The van der Waals surface area contributed by atoms with Crippen LogP contribution in [-0.4, -0.2) is 49.2 Å². The molecule has 0 saturated carbocycles. The van der Waals surface area contributed by atoms with E-state index in [4.69, 9.17) is 19.3 Å². The van der Waals surface area contributed by atoms with Crippen molar-refractivity contribution in [1.82, 2.24) is 0 Å². The van der Waals surface area contributed by atoms with Crippen molar-refractivity contribution in [3.8, 4) is 5.75 Å². The standard InChI is InChI=1S/C18H26O6/c1-5-23-18(21)13(3)12(2)17(22-4)16(20)14-6-8-15(9-7-14)24-11-10-19/h6-9,16-17,19-20H,5,10-11H2,1-4H3/b13-12+/t16-,17-/m1/s1. The predicted molar refractivity (Wildman–Crippen MR) is 89.8 cm³/mol. The Hall–Kier alpha value is -1.89. The van der Waals surface area contributed by atoms with Crippen LogP contribution in [0.1, 0.15) is 32.4 Å². The number of carbonyl (C=O) groups is 1. The van der Waals surface area contributed by atoms with Crippen LogP contribution in [-0.2, 0) is 14.3 Å². The van der Waals surface area contributed by atoms with Gasteiger partial charge < -0.3 is 24.4 Å². The van der Waals surface area contributed by atoms with E-state index < -0.39 is 18.2 Å². The molecule has 0 radical (unpaired) electrons. The highest BCUT2D eigenvalue weighted by molar-refractivity contribution is 5.88. The summed E-state index contributed by atoms with van der Waals surface area (Å²) in [4.78, 5) is 11.9. The Kier molecular flexibility index (Phi) is 8.46. The Morgan fingerprint density at radius 2 is 1.83 bits per heavy atom. The van der Waals surface area contributed by atoms with Gasteiger partial charge in [-0.2, -0.15) is 0 Å². The number of hydrogen-bond acceptors (Lipinski definition) is 6. The van der Waals surface area contributed by atoms with Gasteiger partial charge in [0.1, 0.15) is 24.6 Å². The monoisotopic (exact) mass is 338 g/mol. The first kappa shape index (κ1) is 20.2. The van der Waals surface area contributed by atoms with Gasteiger partial charge in [0.2, 0.25) is 0 Å². The fourth-order valence-electron chi connectivity index (χ4n) is 2.26. The van der Waals surface area contributed by atoms with Crippen LogP contribution < -0.4 is 4.74 Å². The minimum atomic E-state index is -0.939. The van der Waals surface area contributed by atoms with Crippen molar-refractivity contribution in [2.45, 2.75) is 33.0 Å². The first-order chi connectivity index (χ1) is 11.5. The number of aliphatic hydroxyl groups is 2. The molecule has 6 heteroatoms. The van der Waals surface area contributed by atoms with Crippen LogP contribution in [0.15, 0.2) is 35.4 Å². The van der Waals surface area contributed by atoms with Crippen LogP contribution >= 0.6 is 0 Å². The molecule has 1 rings (SSSR count). The van der Waals surface area contributed by atoms with Gasteiger partial charge >= 0.3 is 5.97 Å². The minimum Gasteiger partial charge on any atom is -0.491 e. The lowest BCUT2D eigenvalue weighted by molar-refractivity contribution is -0.138. The Morgan fingerprint density at radius 1 is 1.21 bits per heavy atom. The Bertz CT molecular complexity index is 549. The van der Waals surface area contributed by atoms with E-state index in [0.717, 1.165) is 0 Å². The van der Waals surface area contributed by atoms with Crippen molar-refractivity contribution < 1.29 is 29.2 Å². The maximum atomic E-state index is 11.9. The zero-order chi connectivity index (χ0) is 18.1. The lowest BCUT2D eigenvalue weighted by atomic mass is 9.96. The van der Waals surface area contributed by atoms with Gasteiger partial charge in [-0.1, -0.05) is 12.1 Å². The molecule has 6 nitrogen and oxygen atoms in total. The lowest BCUT2D eigenvalue weighted by Crippen LogP contribution is -2.24. The van der Waals surface area contributed by atoms with Crippen molar-refractivity contribution in [2.24, 2.45) is 0 Å². The third kappa shape index (κ3) is 5.33. The van der Waals surface area contributed by atoms with E-state index in [9.17, 15) is 9.90 Å². The summed E-state index contributed by atoms with van der Waals surface area (Å²) >= 11 is 0. The fraction of sp³-hybridized carbons (Fsp3) is 0.500. The number of rotatable bonds is 9. The molecule has 0 bridgehead atoms. The smallest absolute Gasteiger partial charge is 0.333 e. The quantitative estimate of drug-likeness (QED) is 0.529. The molecule has 2 N–H and O–H groups in total. The summed E-state index contributed by atoms with van der Waals surface area (Å²) in [5, 5.41) is 19.3. The van der Waals surface area contributed by atoms with Crippen LogP contribution in [0.25, 0.3) is 0 Å². The number of esters is 1. The van der Waals surface area contributed by atoms with Crippen LogP contribution in [0.5, 0.6) is 5.75 Å². The number of benzene rings is 1. The molecule has 1 aromatic rings. The largest absolute Gasteiger partial charge is 0.491 e. The zero-order valence-corrected chi connectivity index (χ0v) is 14.6. The van der Waals surface area contributed by atoms with Gasteiger partial charge in [0.05, 0.1) is 13.2 Å². The van der Waals surface area contributed by atoms with Crippen LogP contribution in [0.4, 0.5) is 0 Å². The second kappa shape index (κ2) is 10.1. The molecule has 2 atom stereocenters. The second-order valence-corrected chi connectivity index (χ2v) is 5.27. The molecule has 24 heavy (non-hydrogen) atoms. The van der Waals surface area contributed by atoms with Crippen molar-refractivity contribution in [3.05, 3.63) is 41.0 Å². The number of hydrogen-bond donors (Lipinski definition) is 2. The van der Waals surface area contributed by atoms with Crippen molar-refractivity contribution in [3.63, 3.8) is 0 Å². The van der Waals surface area contributed by atoms with E-state index >= 15 is 0 Å². The lowest BCUT2D eigenvalue weighted by Gasteiger charge is -2.24. The molecule has 134 valence electrons. The molecular weight excluding hydrogens is 312 g/mol. The van der Waals surface area contributed by atoms with E-state index in [1.165, 1.54) is 7.11 Å². The maximum Gasteiger partial charge on any atom is 0.333 e. The molecule has 0 aliphatic heterocycles. The molecule has 0 aliphatic rings. The molecule has 1 aromatic carbocycles. The van der Waals surface area contributed by atoms with Gasteiger partial charge in [-0.15, -0.1) is 0 Å². The van der Waals surface area contributed by atoms with Gasteiger partial charge in [-0.3, -0.25) is 0 Å². The Balaban J connectivity index is 2.94. The van der Waals surface area contributed by atoms with Gasteiger partial charge in [-0.25, -0.2) is 4.79 Å². The summed E-state index contributed by atoms with van der Waals surface area (Å²) in [5.41, 5.74) is 1.67. The average Bonchev–Trinajstić information content (AvgIpc) is 2.60. The first-order valence-corrected chi connectivity index (χ1v) is 7.85. The number of methoxy groups -OCH3 is 1. The molecule has 0 fully saturated rings. The van der Waals surface area contributed by atoms with Crippen LogP contribution in [0.2, 0.25) is 0 Å². The summed E-state index contributed by atoms with van der Waals surface area (Å²) in [6.45, 7) is 5.57. The summed E-state index contributed by atoms with van der Waals surface area (Å²) in [6.07, 6.45) is -1.61. The van der Waals surface area contributed by atoms with E-state index in [1.807, 2.05) is 0 Å². The van der Waals surface area contributed by atoms with E-state index in [0.29, 0.717) is 29.1 Å². The SMILES string of the molecule is CCOC(=O)/C(C)=C(\C)[C@@H](OC)[C@H](O)c1ccc(OCCO)cc1. The maximum absolute atomic E-state index is 11.9. The number of aliphatic hydroxyl groups excluding tert-OH is 2. The van der Waals surface area contributed by atoms with E-state index in [2.05, 4.69) is 0 Å². The van der Waals surface area contributed by atoms with Crippen molar-refractivity contribution in [2.75, 3.05) is 26.9 Å². The average molecular weight is 338 g/mol. The Labute approximate surface area is 142 Å². The van der Waals surface area contributed by atoms with Gasteiger partial charge in [0, 0.05) is 12.7 Å². The van der Waals surface area contributed by atoms with Gasteiger partial charge in [0.15, 0.2) is 0 Å². The summed E-state index contributed by atoms with van der Waals surface area (Å²) in [6, 6.07) is 6.85. The normalized spacial score (nSPS) is 14.6. The second-order valence-electron chi connectivity index (χ2n) is 5.27. The molecule has 0 heterocycles. The first-order valence-electron chi connectivity index (χ1n) is 7.85. The molecule has 0 unspecified atom stereocenters. The summed E-state index contributed by atoms with van der Waals surface area (Å²) < 4.78 is 15.7. The van der Waals surface area contributed by atoms with Crippen LogP contribution in [0.3, 0.4) is 0 Å². The summed E-state index contributed by atoms with van der Waals surface area (Å²) in [7, 11) is 1.48. The third-order valence-corrected chi connectivity index (χ3v) is 3.72. The van der Waals surface area contributed by atoms with Gasteiger partial charge in [0.25, 0.3) is 0 Å². The number of carbonyl (C=O) groups excluding carboxylic acids is 1. The van der Waals surface area contributed by atoms with Crippen LogP contribution in [0, 0.1) is 0 Å². The fourth-order valence-corrected chi connectivity index (χ4v) is 2.26. The molecule has 0 aromatic heterocycles. The minimum absolute atomic E-state index is 0.0623. The van der Waals surface area contributed by atoms with Crippen molar-refractivity contribution in [1.29, 1.82) is 0 Å². The zero-order valence-electron chi connectivity index (χ0n) is 14.6. The topological polar surface area (TPSA) is 85.2 Å². The molecular formula is C18H26O6. The molecule has 0 saturated heterocycles. The molecule has 0 amide bonds. The summed E-state index contributed by atoms with van der Waals surface area (Å²) in [5.74, 6) is 0.181. The molecule has 0 aliphatic carbocycles. The number of ether oxygens (including phenoxy) is 3. The Morgan fingerprint density at radius 3 is 2.33 bits per heavy atom. The third-order valence-electron chi connectivity index (χ3n) is 3.72. The van der Waals surface area contributed by atoms with Crippen molar-refractivity contribution >= 4 is 5.97 Å². The van der Waals surface area contributed by atoms with E-state index in [1.54, 1.807) is 45.0 Å². The van der Waals surface area contributed by atoms with E-state index in [-0.39, 0.29) is 13.2 Å². The highest BCUT2D eigenvalue weighted by Crippen LogP contribution is 2.27. The predicted octanol–water partition coefficient (Wildman–Crippen LogP) is 2.01. The highest BCUT2D eigenvalue weighted by atomic mass is 16.5.